The number of esters is 1. The zero-order valence-electron chi connectivity index (χ0n) is 17.2. The fourth-order valence-electron chi connectivity index (χ4n) is 5.39. The molecule has 3 aliphatic rings. The topological polar surface area (TPSA) is 107 Å². The van der Waals surface area contributed by atoms with Gasteiger partial charge >= 0.3 is 5.97 Å². The molecule has 0 unspecified atom stereocenters. The Kier molecular flexibility index (Phi) is 3.78. The maximum Gasteiger partial charge on any atom is 0.343 e. The number of nitrogens with two attached hydrogens (primary N) is 1. The molecule has 3 N–H and O–H groups in total. The van der Waals surface area contributed by atoms with Crippen LogP contribution in [0.4, 0.5) is 8.78 Å². The first kappa shape index (κ1) is 19.5. The molecule has 3 aromatic rings. The Labute approximate surface area is 180 Å². The van der Waals surface area contributed by atoms with Crippen molar-refractivity contribution in [2.24, 2.45) is 5.73 Å². The largest absolute Gasteiger partial charge is 0.458 e. The van der Waals surface area contributed by atoms with Gasteiger partial charge in [0.1, 0.15) is 6.61 Å². The highest BCUT2D eigenvalue weighted by Crippen LogP contribution is 2.45. The summed E-state index contributed by atoms with van der Waals surface area (Å²) in [7, 11) is 0. The Hall–Kier alpha value is -3.17. The number of pyridine rings is 2. The van der Waals surface area contributed by atoms with E-state index >= 15 is 0 Å². The van der Waals surface area contributed by atoms with E-state index in [2.05, 4.69) is 4.98 Å². The molecule has 0 amide bonds. The molecule has 7 nitrogen and oxygen atoms in total. The van der Waals surface area contributed by atoms with Gasteiger partial charge in [-0.2, -0.15) is 0 Å². The number of aliphatic hydroxyl groups is 1. The predicted octanol–water partition coefficient (Wildman–Crippen LogP) is 2.30. The molecule has 0 fully saturated rings. The number of fused-ring (bicyclic) bond motifs is 5. The highest BCUT2D eigenvalue weighted by molar-refractivity contribution is 5.92. The second kappa shape index (κ2) is 6.20. The smallest absolute Gasteiger partial charge is 0.343 e. The van der Waals surface area contributed by atoms with E-state index in [0.717, 1.165) is 6.07 Å². The standard InChI is InChI=1S/C23H19F2N3O4/c1-2-23(31)12-5-16-20-10(7-28(16)21(29)11(12)8-32-22(23)30)17-14(26)4-3-9-18(17)15(27-20)6-13(24)19(9)25/h5-6,14,31H,2-4,7-8,26H2,1H3/t14-,23+/m1/s1. The molecule has 6 rings (SSSR count). The molecular formula is C23H19F2N3O4. The van der Waals surface area contributed by atoms with Crippen molar-refractivity contribution in [2.75, 3.05) is 0 Å². The van der Waals surface area contributed by atoms with Crippen LogP contribution in [-0.4, -0.2) is 20.6 Å². The van der Waals surface area contributed by atoms with E-state index in [4.69, 9.17) is 10.5 Å². The minimum atomic E-state index is -1.94. The Morgan fingerprint density at radius 3 is 2.81 bits per heavy atom. The third-order valence-corrected chi connectivity index (χ3v) is 7.09. The van der Waals surface area contributed by atoms with Crippen LogP contribution in [0.1, 0.15) is 53.6 Å². The monoisotopic (exact) mass is 439 g/mol. The van der Waals surface area contributed by atoms with Crippen LogP contribution in [-0.2, 0) is 34.7 Å². The number of halogens is 2. The van der Waals surface area contributed by atoms with Gasteiger partial charge in [0.15, 0.2) is 17.2 Å². The number of aryl methyl sites for hydroxylation is 1. The van der Waals surface area contributed by atoms with Crippen LogP contribution >= 0.6 is 0 Å². The van der Waals surface area contributed by atoms with Crippen molar-refractivity contribution < 1.29 is 23.4 Å². The molecule has 2 aromatic heterocycles. The average molecular weight is 439 g/mol. The van der Waals surface area contributed by atoms with E-state index in [9.17, 15) is 23.5 Å². The zero-order valence-corrected chi connectivity index (χ0v) is 17.2. The van der Waals surface area contributed by atoms with E-state index in [1.807, 2.05) is 0 Å². The number of nitrogens with zero attached hydrogens (tertiary/aromatic N) is 2. The van der Waals surface area contributed by atoms with Crippen molar-refractivity contribution in [3.8, 4) is 11.4 Å². The van der Waals surface area contributed by atoms with E-state index in [-0.39, 0.29) is 41.8 Å². The fourth-order valence-corrected chi connectivity index (χ4v) is 5.39. The number of aromatic nitrogens is 2. The van der Waals surface area contributed by atoms with Crippen molar-refractivity contribution in [3.05, 3.63) is 61.9 Å². The van der Waals surface area contributed by atoms with Gasteiger partial charge in [0.25, 0.3) is 5.56 Å². The first-order valence-corrected chi connectivity index (χ1v) is 10.5. The number of hydrogen-bond acceptors (Lipinski definition) is 6. The molecule has 0 saturated heterocycles. The number of carbonyl (C=O) groups is 1. The van der Waals surface area contributed by atoms with Gasteiger partial charge in [-0.15, -0.1) is 0 Å². The summed E-state index contributed by atoms with van der Waals surface area (Å²) in [6.45, 7) is 1.57. The summed E-state index contributed by atoms with van der Waals surface area (Å²) in [4.78, 5) is 30.2. The lowest BCUT2D eigenvalue weighted by Crippen LogP contribution is -2.44. The third kappa shape index (κ3) is 2.22. The fraction of sp³-hybridized carbons (Fsp3) is 0.348. The van der Waals surface area contributed by atoms with Crippen LogP contribution < -0.4 is 11.3 Å². The lowest BCUT2D eigenvalue weighted by molar-refractivity contribution is -0.172. The van der Waals surface area contributed by atoms with E-state index in [1.54, 1.807) is 13.0 Å². The SMILES string of the molecule is CC[C@@]1(O)C(=O)OCc2c1cc1n(c2=O)Cc2c-1nc1cc(F)c(F)c3c1c2[C@H](N)CC3. The van der Waals surface area contributed by atoms with Crippen molar-refractivity contribution in [2.45, 2.75) is 51.0 Å². The highest BCUT2D eigenvalue weighted by atomic mass is 19.2. The quantitative estimate of drug-likeness (QED) is 0.441. The normalized spacial score (nSPS) is 23.0. The Balaban J connectivity index is 1.70. The molecule has 0 radical (unpaired) electrons. The van der Waals surface area contributed by atoms with Crippen LogP contribution in [0, 0.1) is 11.6 Å². The van der Waals surface area contributed by atoms with Crippen molar-refractivity contribution >= 4 is 16.9 Å². The third-order valence-electron chi connectivity index (χ3n) is 7.09. The van der Waals surface area contributed by atoms with Gasteiger partial charge < -0.3 is 20.1 Å². The minimum absolute atomic E-state index is 0.0315. The molecule has 0 bridgehead atoms. The Morgan fingerprint density at radius 2 is 2.06 bits per heavy atom. The summed E-state index contributed by atoms with van der Waals surface area (Å²) in [5.41, 5.74) is 7.21. The lowest BCUT2D eigenvalue weighted by Gasteiger charge is -2.31. The number of cyclic esters (lactones) is 1. The van der Waals surface area contributed by atoms with Crippen molar-refractivity contribution in [1.29, 1.82) is 0 Å². The van der Waals surface area contributed by atoms with Crippen molar-refractivity contribution in [3.63, 3.8) is 0 Å². The van der Waals surface area contributed by atoms with Crippen LogP contribution in [0.5, 0.6) is 0 Å². The van der Waals surface area contributed by atoms with Crippen LogP contribution in [0.15, 0.2) is 16.9 Å². The summed E-state index contributed by atoms with van der Waals surface area (Å²) in [5.74, 6) is -2.68. The van der Waals surface area contributed by atoms with Gasteiger partial charge in [0.05, 0.1) is 29.0 Å². The van der Waals surface area contributed by atoms with Gasteiger partial charge in [-0.3, -0.25) is 4.79 Å². The number of carbonyl (C=O) groups excluding carboxylic acids is 1. The molecule has 32 heavy (non-hydrogen) atoms. The van der Waals surface area contributed by atoms with E-state index in [1.165, 1.54) is 4.57 Å². The summed E-state index contributed by atoms with van der Waals surface area (Å²) in [6.07, 6.45) is 0.779. The summed E-state index contributed by atoms with van der Waals surface area (Å²) in [6, 6.07) is 2.23. The van der Waals surface area contributed by atoms with E-state index in [0.29, 0.717) is 40.7 Å². The molecule has 1 aromatic carbocycles. The molecule has 0 saturated carbocycles. The highest BCUT2D eigenvalue weighted by Gasteiger charge is 2.45. The average Bonchev–Trinajstić information content (AvgIpc) is 3.14. The van der Waals surface area contributed by atoms with E-state index < -0.39 is 34.8 Å². The summed E-state index contributed by atoms with van der Waals surface area (Å²) in [5, 5.41) is 11.5. The second-order valence-electron chi connectivity index (χ2n) is 8.65. The maximum atomic E-state index is 14.5. The first-order valence-electron chi connectivity index (χ1n) is 10.5. The van der Waals surface area contributed by atoms with Crippen LogP contribution in [0.25, 0.3) is 22.3 Å². The molecule has 2 aliphatic heterocycles. The molecule has 1 aliphatic carbocycles. The summed E-state index contributed by atoms with van der Waals surface area (Å²) < 4.78 is 35.4. The molecule has 0 spiro atoms. The molecule has 164 valence electrons. The van der Waals surface area contributed by atoms with Crippen LogP contribution in [0.3, 0.4) is 0 Å². The lowest BCUT2D eigenvalue weighted by atomic mass is 9.83. The minimum Gasteiger partial charge on any atom is -0.458 e. The number of ether oxygens (including phenoxy) is 1. The Bertz CT molecular complexity index is 1450. The van der Waals surface area contributed by atoms with Gasteiger partial charge in [-0.25, -0.2) is 18.6 Å². The maximum absolute atomic E-state index is 14.5. The van der Waals surface area contributed by atoms with Gasteiger partial charge in [0.2, 0.25) is 0 Å². The summed E-state index contributed by atoms with van der Waals surface area (Å²) >= 11 is 0. The second-order valence-corrected chi connectivity index (χ2v) is 8.65. The molecule has 9 heteroatoms. The van der Waals surface area contributed by atoms with Crippen molar-refractivity contribution in [1.82, 2.24) is 9.55 Å². The van der Waals surface area contributed by atoms with Gasteiger partial charge in [0, 0.05) is 34.2 Å². The Morgan fingerprint density at radius 1 is 1.28 bits per heavy atom. The number of rotatable bonds is 1. The number of benzene rings is 1. The first-order chi connectivity index (χ1) is 15.3. The van der Waals surface area contributed by atoms with Crippen LogP contribution in [0.2, 0.25) is 0 Å². The van der Waals surface area contributed by atoms with Gasteiger partial charge in [-0.1, -0.05) is 6.92 Å². The molecular weight excluding hydrogens is 420 g/mol. The predicted molar refractivity (Wildman–Crippen MR) is 110 cm³/mol. The zero-order chi connectivity index (χ0) is 22.5. The molecule has 2 atom stereocenters. The molecule has 4 heterocycles. The van der Waals surface area contributed by atoms with Gasteiger partial charge in [-0.05, 0) is 30.9 Å². The number of hydrogen-bond donors (Lipinski definition) is 2.